The van der Waals surface area contributed by atoms with Gasteiger partial charge in [-0.05, 0) is 132 Å². The zero-order valence-corrected chi connectivity index (χ0v) is 51.8. The second-order valence-electron chi connectivity index (χ2n) is 21.7. The van der Waals surface area contributed by atoms with E-state index in [0.717, 1.165) is 118 Å². The van der Waals surface area contributed by atoms with E-state index in [0.29, 0.717) is 68.9 Å². The van der Waals surface area contributed by atoms with Crippen molar-refractivity contribution in [1.29, 1.82) is 0 Å². The fraction of sp³-hybridized carbons (Fsp3) is 0.0822. The number of imidazole rings is 2. The molecule has 0 spiro atoms. The van der Waals surface area contributed by atoms with Gasteiger partial charge >= 0.3 is 38.1 Å². The van der Waals surface area contributed by atoms with Crippen molar-refractivity contribution in [3.63, 3.8) is 0 Å². The van der Waals surface area contributed by atoms with E-state index in [-0.39, 0.29) is 38.1 Å². The SMILES string of the molecule is CC1=CC2=[N+](C)c3cc(C)c([n-]3)C3=NC(=C(C)c4cc(C)c([n-]4)C1=N2)C=C3C.[Cu+2].[Pt+2].c1ccc(C2=NC3=NC2=C(c2ccccc2)c2[n-]c(nc2-c2ccccc2)C2=NC(=C(c4ccccc4)c4[n-]c3nc4-c3ccccc3)C(c3ccccc3)=N2)cc1. The number of rotatable bonds is 6. The van der Waals surface area contributed by atoms with Crippen molar-refractivity contribution in [3.05, 3.63) is 308 Å². The number of amidine groups is 3. The fourth-order valence-corrected chi connectivity index (χ4v) is 11.6. The average molecular weight is 1370 g/mol. The largest absolute Gasteiger partial charge is 2.00 e. The van der Waals surface area contributed by atoms with Gasteiger partial charge in [0.1, 0.15) is 11.7 Å². The summed E-state index contributed by atoms with van der Waals surface area (Å²) in [5.74, 6) is 3.35. The van der Waals surface area contributed by atoms with Crippen molar-refractivity contribution in [2.24, 2.45) is 30.0 Å². The molecule has 0 saturated carbocycles. The molecule has 0 saturated heterocycles. The van der Waals surface area contributed by atoms with E-state index in [1.165, 1.54) is 0 Å². The average Bonchev–Trinajstić information content (AvgIpc) is 3.74. The molecule has 88 heavy (non-hydrogen) atoms. The predicted octanol–water partition coefficient (Wildman–Crippen LogP) is 13.3. The molecule has 6 aromatic carbocycles. The number of hydrogen-bond acceptors (Lipinski definition) is 8. The normalized spacial score (nSPS) is 15.3. The van der Waals surface area contributed by atoms with E-state index in [9.17, 15) is 0 Å². The van der Waals surface area contributed by atoms with Crippen LogP contribution in [0.2, 0.25) is 0 Å². The van der Waals surface area contributed by atoms with Crippen LogP contribution in [0.3, 0.4) is 0 Å². The molecular formula is C73H52CuN13Pt+. The first kappa shape index (κ1) is 57.0. The van der Waals surface area contributed by atoms with Crippen molar-refractivity contribution in [1.82, 2.24) is 29.9 Å². The van der Waals surface area contributed by atoms with Crippen LogP contribution in [-0.2, 0) is 38.1 Å². The van der Waals surface area contributed by atoms with Crippen LogP contribution in [0.5, 0.6) is 0 Å². The number of allylic oxidation sites excluding steroid dienone is 6. The summed E-state index contributed by atoms with van der Waals surface area (Å²) < 4.78 is 2.04. The maximum absolute atomic E-state index is 5.38. The molecule has 429 valence electrons. The van der Waals surface area contributed by atoms with E-state index >= 15 is 0 Å². The Hall–Kier alpha value is -10.1. The molecule has 0 unspecified atom stereocenters. The van der Waals surface area contributed by atoms with Gasteiger partial charge < -0.3 is 29.5 Å². The number of fused-ring (bicyclic) bond motifs is 16. The van der Waals surface area contributed by atoms with Crippen LogP contribution in [0.1, 0.15) is 94.3 Å². The van der Waals surface area contributed by atoms with Crippen molar-refractivity contribution in [3.8, 4) is 22.5 Å². The van der Waals surface area contributed by atoms with E-state index < -0.39 is 0 Å². The summed E-state index contributed by atoms with van der Waals surface area (Å²) in [5.41, 5.74) is 23.5. The van der Waals surface area contributed by atoms with E-state index in [4.69, 9.17) is 59.9 Å². The van der Waals surface area contributed by atoms with Gasteiger partial charge in [-0.15, -0.1) is 11.4 Å². The Morgan fingerprint density at radius 3 is 1.24 bits per heavy atom. The summed E-state index contributed by atoms with van der Waals surface area (Å²) in [7, 11) is 2.01. The maximum atomic E-state index is 5.38. The molecule has 0 fully saturated rings. The van der Waals surface area contributed by atoms with Gasteiger partial charge in [0.05, 0.1) is 45.6 Å². The quantitative estimate of drug-likeness (QED) is 0.119. The fourth-order valence-electron chi connectivity index (χ4n) is 11.6. The number of benzene rings is 6. The molecule has 0 aliphatic carbocycles. The van der Waals surface area contributed by atoms with Gasteiger partial charge in [-0.2, -0.15) is 0 Å². The molecule has 10 heterocycles. The third-order valence-corrected chi connectivity index (χ3v) is 16.0. The first-order chi connectivity index (χ1) is 42.1. The second kappa shape index (κ2) is 23.3. The number of aryl methyl sites for hydroxylation is 2. The summed E-state index contributed by atoms with van der Waals surface area (Å²) in [4.78, 5) is 62.4. The third-order valence-electron chi connectivity index (χ3n) is 16.0. The minimum Gasteiger partial charge on any atom is -0.656 e. The zero-order valence-electron chi connectivity index (χ0n) is 48.6. The molecule has 16 rings (SSSR count). The van der Waals surface area contributed by atoms with Crippen LogP contribution in [0.4, 0.5) is 5.82 Å². The molecule has 0 atom stereocenters. The maximum Gasteiger partial charge on any atom is 2.00 e. The first-order valence-electron chi connectivity index (χ1n) is 28.5. The summed E-state index contributed by atoms with van der Waals surface area (Å²) in [6.45, 7) is 10.5. The van der Waals surface area contributed by atoms with Gasteiger partial charge in [-0.25, -0.2) is 34.9 Å². The first-order valence-corrected chi connectivity index (χ1v) is 28.5. The molecule has 4 aromatic heterocycles. The molecule has 0 N–H and O–H groups in total. The van der Waals surface area contributed by atoms with E-state index in [1.54, 1.807) is 0 Å². The Morgan fingerprint density at radius 1 is 0.375 bits per heavy atom. The number of nitrogens with zero attached hydrogens (tertiary/aromatic N) is 13. The standard InChI is InChI=1S/C50H30N8.C23H22N5.Cu.Pt/c1-7-19-31(20-8-1)37-43-39(33-23-11-3-12-24-33)51-47(55-43)49-53-41(35-27-15-5-16-28-35)45(57-49)38(32-21-9-2-10-22-32)46-42(36-29-17-6-18-30-36)54-50(58-46)48-52-40(44(37)56-48)34-25-13-4-14-26-34;1-11-7-16-15(5)17-8-12(2)21(25-17)23-14(4)10-19(27-23)28(6)18-9-13(3)22(26-18)20(11)24-16;;/h1-30H;7-10H,1-6H3;;/q-2;-1;2*+2. The number of hydrogen-bond donors (Lipinski definition) is 0. The van der Waals surface area contributed by atoms with Gasteiger partial charge in [0, 0.05) is 29.3 Å². The van der Waals surface area contributed by atoms with Crippen molar-refractivity contribution < 1.29 is 42.7 Å². The molecule has 16 bridgehead atoms. The molecule has 15 heteroatoms. The topological polar surface area (TPSA) is 159 Å². The summed E-state index contributed by atoms with van der Waals surface area (Å²) in [6, 6.07) is 65.0. The summed E-state index contributed by atoms with van der Waals surface area (Å²) in [5, 5.41) is 0. The van der Waals surface area contributed by atoms with Gasteiger partial charge in [0.15, 0.2) is 11.7 Å². The number of aliphatic imine (C=N–C) groups is 6. The Labute approximate surface area is 534 Å². The monoisotopic (exact) mass is 1370 g/mol. The van der Waals surface area contributed by atoms with Crippen LogP contribution in [-0.4, -0.2) is 61.9 Å². The smallest absolute Gasteiger partial charge is 0.656 e. The van der Waals surface area contributed by atoms with Crippen molar-refractivity contribution in [2.75, 3.05) is 7.05 Å². The Balaban J connectivity index is 0.000000200. The Morgan fingerprint density at radius 2 is 0.773 bits per heavy atom. The van der Waals surface area contributed by atoms with Crippen LogP contribution in [0.15, 0.2) is 264 Å². The molecule has 10 aromatic rings. The number of aromatic nitrogens is 6. The zero-order chi connectivity index (χ0) is 58.2. The summed E-state index contributed by atoms with van der Waals surface area (Å²) in [6.07, 6.45) is 4.24. The van der Waals surface area contributed by atoms with Gasteiger partial charge in [0.2, 0.25) is 0 Å². The van der Waals surface area contributed by atoms with Crippen LogP contribution in [0, 0.1) is 13.8 Å². The van der Waals surface area contributed by atoms with Crippen LogP contribution < -0.4 is 19.9 Å². The molecule has 6 aliphatic heterocycles. The van der Waals surface area contributed by atoms with Crippen molar-refractivity contribution in [2.45, 2.75) is 34.6 Å². The molecule has 6 aliphatic rings. The van der Waals surface area contributed by atoms with E-state index in [2.05, 4.69) is 83.2 Å². The van der Waals surface area contributed by atoms with Crippen molar-refractivity contribution >= 4 is 62.9 Å². The van der Waals surface area contributed by atoms with Crippen LogP contribution >= 0.6 is 0 Å². The molecule has 0 amide bonds. The van der Waals surface area contributed by atoms with Gasteiger partial charge in [-0.1, -0.05) is 194 Å². The molecular weight excluding hydrogens is 1320 g/mol. The molecule has 1 radical (unpaired) electrons. The van der Waals surface area contributed by atoms with E-state index in [1.807, 2.05) is 169 Å². The van der Waals surface area contributed by atoms with Crippen LogP contribution in [0.25, 0.3) is 39.2 Å². The predicted molar refractivity (Wildman–Crippen MR) is 343 cm³/mol. The van der Waals surface area contributed by atoms with Gasteiger partial charge in [-0.3, -0.25) is 0 Å². The minimum absolute atomic E-state index is 0. The summed E-state index contributed by atoms with van der Waals surface area (Å²) >= 11 is 0. The van der Waals surface area contributed by atoms with Gasteiger partial charge in [0.25, 0.3) is 0 Å². The Bertz CT molecular complexity index is 4560. The second-order valence-corrected chi connectivity index (χ2v) is 21.7. The third kappa shape index (κ3) is 10.0. The Kier molecular flexibility index (Phi) is 15.1. The minimum atomic E-state index is 0. The molecule has 13 nitrogen and oxygen atoms in total.